The molecule has 1 aliphatic heterocycles. The van der Waals surface area contributed by atoms with E-state index in [0.29, 0.717) is 18.2 Å². The van der Waals surface area contributed by atoms with E-state index in [9.17, 15) is 4.79 Å². The molecule has 114 valence electrons. The summed E-state index contributed by atoms with van der Waals surface area (Å²) in [6.45, 7) is 4.76. The molecule has 2 heterocycles. The summed E-state index contributed by atoms with van der Waals surface area (Å²) in [6.07, 6.45) is 6.65. The van der Waals surface area contributed by atoms with Crippen LogP contribution in [0, 0.1) is 12.8 Å². The highest BCUT2D eigenvalue weighted by atomic mass is 35.5. The lowest BCUT2D eigenvalue weighted by atomic mass is 9.96. The Labute approximate surface area is 132 Å². The minimum absolute atomic E-state index is 0. The molecule has 1 fully saturated rings. The fourth-order valence-electron chi connectivity index (χ4n) is 2.16. The van der Waals surface area contributed by atoms with Crippen molar-refractivity contribution in [2.75, 3.05) is 19.6 Å². The molecule has 7 heteroatoms. The topological polar surface area (TPSA) is 66.9 Å². The van der Waals surface area contributed by atoms with E-state index in [1.807, 2.05) is 6.92 Å². The van der Waals surface area contributed by atoms with Crippen LogP contribution in [0.5, 0.6) is 0 Å². The van der Waals surface area contributed by atoms with Gasteiger partial charge >= 0.3 is 0 Å². The van der Waals surface area contributed by atoms with Crippen molar-refractivity contribution < 1.29 is 4.79 Å². The Kier molecular flexibility index (Phi) is 9.46. The summed E-state index contributed by atoms with van der Waals surface area (Å²) in [5.41, 5.74) is 1.21. The summed E-state index contributed by atoms with van der Waals surface area (Å²) in [5.74, 6) is 0.550. The second-order valence-electron chi connectivity index (χ2n) is 4.80. The Morgan fingerprint density at radius 2 is 2.20 bits per heavy atom. The zero-order valence-electron chi connectivity index (χ0n) is 11.6. The van der Waals surface area contributed by atoms with Gasteiger partial charge < -0.3 is 10.6 Å². The summed E-state index contributed by atoms with van der Waals surface area (Å²) in [5, 5.41) is 6.27. The molecule has 1 aromatic rings. The molecule has 0 spiro atoms. The number of carbonyl (C=O) groups is 1. The molecule has 1 unspecified atom stereocenters. The van der Waals surface area contributed by atoms with Gasteiger partial charge in [0.15, 0.2) is 0 Å². The Balaban J connectivity index is 0.00000180. The molecule has 0 saturated carbocycles. The molecular formula is C13H22Cl2N4O. The van der Waals surface area contributed by atoms with Crippen molar-refractivity contribution in [2.24, 2.45) is 5.92 Å². The molecule has 1 aromatic heterocycles. The number of nitrogens with zero attached hydrogens (tertiary/aromatic N) is 2. The lowest BCUT2D eigenvalue weighted by Crippen LogP contribution is -2.33. The quantitative estimate of drug-likeness (QED) is 0.887. The molecule has 5 nitrogen and oxygen atoms in total. The van der Waals surface area contributed by atoms with Crippen LogP contribution in [0.25, 0.3) is 0 Å². The summed E-state index contributed by atoms with van der Waals surface area (Å²) < 4.78 is 0. The van der Waals surface area contributed by atoms with Gasteiger partial charge in [-0.25, -0.2) is 4.98 Å². The van der Waals surface area contributed by atoms with Crippen LogP contribution in [-0.2, 0) is 0 Å². The number of amides is 1. The Morgan fingerprint density at radius 3 is 2.80 bits per heavy atom. The van der Waals surface area contributed by atoms with E-state index in [0.717, 1.165) is 25.2 Å². The minimum Gasteiger partial charge on any atom is -0.351 e. The standard InChI is InChI=1S/C13H20N4O.2ClH/c1-10-7-17-12(9-16-10)13(18)15-6-4-11-3-2-5-14-8-11;;/h7,9,11,14H,2-6,8H2,1H3,(H,15,18);2*1H. The van der Waals surface area contributed by atoms with Gasteiger partial charge in [0.25, 0.3) is 5.91 Å². The minimum atomic E-state index is -0.133. The van der Waals surface area contributed by atoms with Crippen molar-refractivity contribution in [3.05, 3.63) is 23.8 Å². The number of halogens is 2. The highest BCUT2D eigenvalue weighted by Crippen LogP contribution is 2.12. The zero-order valence-corrected chi connectivity index (χ0v) is 13.2. The van der Waals surface area contributed by atoms with Crippen LogP contribution in [-0.4, -0.2) is 35.5 Å². The molecule has 0 aliphatic carbocycles. The first-order valence-electron chi connectivity index (χ1n) is 6.53. The van der Waals surface area contributed by atoms with Crippen LogP contribution in [0.15, 0.2) is 12.4 Å². The van der Waals surface area contributed by atoms with E-state index < -0.39 is 0 Å². The van der Waals surface area contributed by atoms with Crippen LogP contribution >= 0.6 is 24.8 Å². The van der Waals surface area contributed by atoms with Gasteiger partial charge in [0.2, 0.25) is 0 Å². The van der Waals surface area contributed by atoms with E-state index in [4.69, 9.17) is 0 Å². The van der Waals surface area contributed by atoms with Crippen LogP contribution in [0.1, 0.15) is 35.4 Å². The molecule has 20 heavy (non-hydrogen) atoms. The van der Waals surface area contributed by atoms with Gasteiger partial charge in [-0.15, -0.1) is 24.8 Å². The number of nitrogens with one attached hydrogen (secondary N) is 2. The van der Waals surface area contributed by atoms with Crippen LogP contribution in [0.4, 0.5) is 0 Å². The molecule has 2 rings (SSSR count). The first kappa shape index (κ1) is 19.1. The molecule has 0 aromatic carbocycles. The molecule has 0 bridgehead atoms. The Morgan fingerprint density at radius 1 is 1.40 bits per heavy atom. The molecule has 1 aliphatic rings. The summed E-state index contributed by atoms with van der Waals surface area (Å²) >= 11 is 0. The fraction of sp³-hybridized carbons (Fsp3) is 0.615. The van der Waals surface area contributed by atoms with Crippen molar-refractivity contribution in [3.63, 3.8) is 0 Å². The van der Waals surface area contributed by atoms with Gasteiger partial charge in [0.1, 0.15) is 5.69 Å². The number of piperidine rings is 1. The van der Waals surface area contributed by atoms with E-state index >= 15 is 0 Å². The second-order valence-corrected chi connectivity index (χ2v) is 4.80. The smallest absolute Gasteiger partial charge is 0.271 e. The predicted octanol–water partition coefficient (Wildman–Crippen LogP) is 1.75. The third-order valence-electron chi connectivity index (χ3n) is 3.25. The fourth-order valence-corrected chi connectivity index (χ4v) is 2.16. The van der Waals surface area contributed by atoms with Gasteiger partial charge in [-0.3, -0.25) is 9.78 Å². The lowest BCUT2D eigenvalue weighted by molar-refractivity contribution is 0.0945. The number of carbonyl (C=O) groups excluding carboxylic acids is 1. The predicted molar refractivity (Wildman–Crippen MR) is 83.8 cm³/mol. The molecule has 1 amide bonds. The Hall–Kier alpha value is -0.910. The van der Waals surface area contributed by atoms with Crippen LogP contribution in [0.3, 0.4) is 0 Å². The van der Waals surface area contributed by atoms with Gasteiger partial charge in [0, 0.05) is 12.7 Å². The summed E-state index contributed by atoms with van der Waals surface area (Å²) in [4.78, 5) is 19.9. The van der Waals surface area contributed by atoms with Gasteiger partial charge in [0.05, 0.1) is 11.9 Å². The molecule has 0 radical (unpaired) electrons. The maximum atomic E-state index is 11.8. The monoisotopic (exact) mass is 320 g/mol. The third kappa shape index (κ3) is 6.03. The van der Waals surface area contributed by atoms with Gasteiger partial charge in [-0.05, 0) is 45.2 Å². The van der Waals surface area contributed by atoms with E-state index in [-0.39, 0.29) is 30.7 Å². The molecule has 2 N–H and O–H groups in total. The summed E-state index contributed by atoms with van der Waals surface area (Å²) in [7, 11) is 0. The number of hydrogen-bond donors (Lipinski definition) is 2. The third-order valence-corrected chi connectivity index (χ3v) is 3.25. The number of rotatable bonds is 4. The van der Waals surface area contributed by atoms with Crippen molar-refractivity contribution in [3.8, 4) is 0 Å². The van der Waals surface area contributed by atoms with Crippen molar-refractivity contribution >= 4 is 30.7 Å². The largest absolute Gasteiger partial charge is 0.351 e. The average molecular weight is 321 g/mol. The van der Waals surface area contributed by atoms with Gasteiger partial charge in [-0.1, -0.05) is 0 Å². The number of aryl methyl sites for hydroxylation is 1. The van der Waals surface area contributed by atoms with Crippen molar-refractivity contribution in [1.82, 2.24) is 20.6 Å². The lowest BCUT2D eigenvalue weighted by Gasteiger charge is -2.22. The van der Waals surface area contributed by atoms with Crippen LogP contribution < -0.4 is 10.6 Å². The molecular weight excluding hydrogens is 299 g/mol. The van der Waals surface area contributed by atoms with Crippen molar-refractivity contribution in [2.45, 2.75) is 26.2 Å². The maximum absolute atomic E-state index is 11.8. The van der Waals surface area contributed by atoms with Crippen LogP contribution in [0.2, 0.25) is 0 Å². The first-order valence-corrected chi connectivity index (χ1v) is 6.53. The van der Waals surface area contributed by atoms with E-state index in [1.54, 1.807) is 6.20 Å². The SMILES string of the molecule is Cc1cnc(C(=O)NCCC2CCCNC2)cn1.Cl.Cl. The Bertz CT molecular complexity index is 394. The van der Waals surface area contributed by atoms with Gasteiger partial charge in [-0.2, -0.15) is 0 Å². The molecule has 1 atom stereocenters. The molecule has 1 saturated heterocycles. The van der Waals surface area contributed by atoms with E-state index in [1.165, 1.54) is 19.0 Å². The first-order chi connectivity index (χ1) is 8.75. The number of hydrogen-bond acceptors (Lipinski definition) is 4. The number of aromatic nitrogens is 2. The average Bonchev–Trinajstić information content (AvgIpc) is 2.40. The summed E-state index contributed by atoms with van der Waals surface area (Å²) in [6, 6.07) is 0. The van der Waals surface area contributed by atoms with E-state index in [2.05, 4.69) is 20.6 Å². The second kappa shape index (κ2) is 9.91. The maximum Gasteiger partial charge on any atom is 0.271 e. The normalized spacial score (nSPS) is 17.6. The zero-order chi connectivity index (χ0) is 12.8. The highest BCUT2D eigenvalue weighted by Gasteiger charge is 2.13. The van der Waals surface area contributed by atoms with Crippen molar-refractivity contribution in [1.29, 1.82) is 0 Å². The highest BCUT2D eigenvalue weighted by molar-refractivity contribution is 5.91.